The molecule has 0 saturated carbocycles. The van der Waals surface area contributed by atoms with Gasteiger partial charge in [-0.2, -0.15) is 0 Å². The quantitative estimate of drug-likeness (QED) is 0.233. The van der Waals surface area contributed by atoms with Crippen LogP contribution in [0.15, 0.2) is 24.8 Å². The number of carbonyl (C=O) groups is 1. The zero-order valence-corrected chi connectivity index (χ0v) is 4.84. The molecule has 0 unspecified atom stereocenters. The second-order valence-corrected chi connectivity index (χ2v) is 1.43. The Morgan fingerprint density at radius 3 is 2.62 bits per heavy atom. The van der Waals surface area contributed by atoms with Crippen LogP contribution in [0.5, 0.6) is 0 Å². The summed E-state index contributed by atoms with van der Waals surface area (Å²) in [6.07, 6.45) is 7.81. The standard InChI is InChI=1S/C7H10O/c1-2-3-4-5-6-7-8/h2,5-7H,1,3-4H2. The summed E-state index contributed by atoms with van der Waals surface area (Å²) in [7, 11) is 0. The molecule has 0 aromatic heterocycles. The van der Waals surface area contributed by atoms with Crippen LogP contribution < -0.4 is 0 Å². The molecule has 0 aliphatic rings. The minimum Gasteiger partial charge on any atom is -0.299 e. The molecule has 1 heteroatoms. The van der Waals surface area contributed by atoms with Gasteiger partial charge in [0.2, 0.25) is 0 Å². The number of carbonyl (C=O) groups excluding carboxylic acids is 1. The van der Waals surface area contributed by atoms with Gasteiger partial charge in [-0.15, -0.1) is 6.58 Å². The summed E-state index contributed by atoms with van der Waals surface area (Å²) in [5, 5.41) is 0. The van der Waals surface area contributed by atoms with Crippen molar-refractivity contribution in [3.8, 4) is 0 Å². The van der Waals surface area contributed by atoms with Gasteiger partial charge in [0, 0.05) is 0 Å². The third-order valence-corrected chi connectivity index (χ3v) is 0.752. The van der Waals surface area contributed by atoms with Gasteiger partial charge in [0.05, 0.1) is 0 Å². The Morgan fingerprint density at radius 2 is 2.12 bits per heavy atom. The smallest absolute Gasteiger partial charge is 0.142 e. The largest absolute Gasteiger partial charge is 0.299 e. The lowest BCUT2D eigenvalue weighted by molar-refractivity contribution is -0.104. The van der Waals surface area contributed by atoms with Crippen molar-refractivity contribution in [3.05, 3.63) is 24.8 Å². The van der Waals surface area contributed by atoms with E-state index in [1.165, 1.54) is 6.08 Å². The van der Waals surface area contributed by atoms with Crippen LogP contribution in [0, 0.1) is 0 Å². The number of rotatable bonds is 4. The van der Waals surface area contributed by atoms with Crippen LogP contribution in [0.25, 0.3) is 0 Å². The van der Waals surface area contributed by atoms with E-state index in [2.05, 4.69) is 6.58 Å². The molecule has 0 amide bonds. The minimum absolute atomic E-state index is 0.781. The summed E-state index contributed by atoms with van der Waals surface area (Å²) in [6.45, 7) is 3.54. The fraction of sp³-hybridized carbons (Fsp3) is 0.286. The second-order valence-electron chi connectivity index (χ2n) is 1.43. The maximum atomic E-state index is 9.66. The number of hydrogen-bond donors (Lipinski definition) is 0. The highest BCUT2D eigenvalue weighted by Gasteiger charge is 1.70. The summed E-state index contributed by atoms with van der Waals surface area (Å²) in [4.78, 5) is 9.66. The monoisotopic (exact) mass is 110 g/mol. The lowest BCUT2D eigenvalue weighted by atomic mass is 10.3. The Bertz CT molecular complexity index is 92.6. The molecule has 8 heavy (non-hydrogen) atoms. The lowest BCUT2D eigenvalue weighted by Gasteiger charge is -1.79. The Hall–Kier alpha value is -0.850. The molecule has 0 saturated heterocycles. The highest BCUT2D eigenvalue weighted by molar-refractivity contribution is 5.64. The van der Waals surface area contributed by atoms with E-state index in [1.54, 1.807) is 0 Å². The molecule has 0 bridgehead atoms. The normalized spacial score (nSPS) is 9.50. The van der Waals surface area contributed by atoms with Crippen LogP contribution in [-0.4, -0.2) is 6.29 Å². The molecule has 0 aromatic carbocycles. The zero-order valence-electron chi connectivity index (χ0n) is 4.84. The molecule has 0 atom stereocenters. The van der Waals surface area contributed by atoms with Crippen LogP contribution >= 0.6 is 0 Å². The van der Waals surface area contributed by atoms with Crippen molar-refractivity contribution in [2.75, 3.05) is 0 Å². The van der Waals surface area contributed by atoms with Gasteiger partial charge in [-0.3, -0.25) is 4.79 Å². The van der Waals surface area contributed by atoms with E-state index < -0.39 is 0 Å². The van der Waals surface area contributed by atoms with Crippen LogP contribution in [0.4, 0.5) is 0 Å². The van der Waals surface area contributed by atoms with E-state index in [9.17, 15) is 4.79 Å². The molecule has 0 aliphatic carbocycles. The van der Waals surface area contributed by atoms with Crippen LogP contribution in [0.1, 0.15) is 12.8 Å². The molecule has 0 radical (unpaired) electrons. The van der Waals surface area contributed by atoms with Crippen molar-refractivity contribution in [1.29, 1.82) is 0 Å². The van der Waals surface area contributed by atoms with E-state index >= 15 is 0 Å². The third-order valence-electron chi connectivity index (χ3n) is 0.752. The summed E-state index contributed by atoms with van der Waals surface area (Å²) < 4.78 is 0. The van der Waals surface area contributed by atoms with E-state index in [0.29, 0.717) is 0 Å². The number of aldehydes is 1. The molecular weight excluding hydrogens is 100 g/mol. The summed E-state index contributed by atoms with van der Waals surface area (Å²) >= 11 is 0. The van der Waals surface area contributed by atoms with Crippen molar-refractivity contribution in [1.82, 2.24) is 0 Å². The molecule has 0 fully saturated rings. The Balaban J connectivity index is 3.02. The fourth-order valence-corrected chi connectivity index (χ4v) is 0.366. The van der Waals surface area contributed by atoms with Crippen molar-refractivity contribution >= 4 is 6.29 Å². The van der Waals surface area contributed by atoms with Gasteiger partial charge >= 0.3 is 0 Å². The van der Waals surface area contributed by atoms with Crippen LogP contribution in [0.3, 0.4) is 0 Å². The predicted octanol–water partition coefficient (Wildman–Crippen LogP) is 1.71. The number of unbranched alkanes of at least 4 members (excludes halogenated alkanes) is 1. The minimum atomic E-state index is 0.781. The molecule has 0 heterocycles. The van der Waals surface area contributed by atoms with Crippen molar-refractivity contribution in [2.24, 2.45) is 0 Å². The zero-order chi connectivity index (χ0) is 6.24. The highest BCUT2D eigenvalue weighted by Crippen LogP contribution is 1.88. The van der Waals surface area contributed by atoms with Gasteiger partial charge in [0.1, 0.15) is 6.29 Å². The van der Waals surface area contributed by atoms with Gasteiger partial charge in [-0.05, 0) is 18.9 Å². The molecule has 1 nitrogen and oxygen atoms in total. The maximum Gasteiger partial charge on any atom is 0.142 e. The van der Waals surface area contributed by atoms with Crippen LogP contribution in [-0.2, 0) is 4.79 Å². The van der Waals surface area contributed by atoms with Gasteiger partial charge < -0.3 is 0 Å². The van der Waals surface area contributed by atoms with E-state index in [0.717, 1.165) is 19.1 Å². The van der Waals surface area contributed by atoms with Gasteiger partial charge in [0.25, 0.3) is 0 Å². The summed E-state index contributed by atoms with van der Waals surface area (Å²) in [6, 6.07) is 0. The van der Waals surface area contributed by atoms with Crippen molar-refractivity contribution in [3.63, 3.8) is 0 Å². The first-order valence-electron chi connectivity index (χ1n) is 2.63. The maximum absolute atomic E-state index is 9.66. The third kappa shape index (κ3) is 5.15. The Kier molecular flexibility index (Phi) is 5.50. The fourth-order valence-electron chi connectivity index (χ4n) is 0.366. The molecule has 0 N–H and O–H groups in total. The average Bonchev–Trinajstić information content (AvgIpc) is 1.81. The molecular formula is C7H10O. The van der Waals surface area contributed by atoms with E-state index in [4.69, 9.17) is 0 Å². The highest BCUT2D eigenvalue weighted by atomic mass is 16.1. The van der Waals surface area contributed by atoms with Crippen molar-refractivity contribution < 1.29 is 4.79 Å². The van der Waals surface area contributed by atoms with Crippen molar-refractivity contribution in [2.45, 2.75) is 12.8 Å². The second kappa shape index (κ2) is 6.15. The van der Waals surface area contributed by atoms with Gasteiger partial charge in [-0.1, -0.05) is 12.2 Å². The van der Waals surface area contributed by atoms with Gasteiger partial charge in [0.15, 0.2) is 0 Å². The van der Waals surface area contributed by atoms with E-state index in [1.807, 2.05) is 12.2 Å². The lowest BCUT2D eigenvalue weighted by Crippen LogP contribution is -1.63. The SMILES string of the molecule is C=CCCC=CC=O. The number of allylic oxidation sites excluding steroid dienone is 3. The predicted molar refractivity (Wildman–Crippen MR) is 34.6 cm³/mol. The first-order valence-corrected chi connectivity index (χ1v) is 2.63. The average molecular weight is 110 g/mol. The number of hydrogen-bond acceptors (Lipinski definition) is 1. The Morgan fingerprint density at radius 1 is 1.38 bits per heavy atom. The first-order chi connectivity index (χ1) is 3.91. The first kappa shape index (κ1) is 7.15. The molecule has 0 rings (SSSR count). The Labute approximate surface area is 49.7 Å². The van der Waals surface area contributed by atoms with Gasteiger partial charge in [-0.25, -0.2) is 0 Å². The molecule has 0 spiro atoms. The topological polar surface area (TPSA) is 17.1 Å². The molecule has 0 aliphatic heterocycles. The summed E-state index contributed by atoms with van der Waals surface area (Å²) in [5.74, 6) is 0. The molecule has 0 aromatic rings. The van der Waals surface area contributed by atoms with E-state index in [-0.39, 0.29) is 0 Å². The molecule has 44 valence electrons. The summed E-state index contributed by atoms with van der Waals surface area (Å²) in [5.41, 5.74) is 0. The van der Waals surface area contributed by atoms with Crippen LogP contribution in [0.2, 0.25) is 0 Å².